The van der Waals surface area contributed by atoms with Crippen LogP contribution in [0.1, 0.15) is 5.56 Å². The number of aromatic nitrogens is 1. The maximum atomic E-state index is 4.96. The van der Waals surface area contributed by atoms with E-state index >= 15 is 0 Å². The minimum Gasteiger partial charge on any atom is -0.481 e. The molecule has 0 aromatic carbocycles. The van der Waals surface area contributed by atoms with Gasteiger partial charge in [-0.2, -0.15) is 0 Å². The molecule has 0 aliphatic rings. The number of nitrogens with one attached hydrogen (secondary N) is 1. The quantitative estimate of drug-likeness (QED) is 0.849. The van der Waals surface area contributed by atoms with Crippen LogP contribution >= 0.6 is 24.8 Å². The molecular formula is C8H14Cl2N2O. The van der Waals surface area contributed by atoms with Gasteiger partial charge in [0.1, 0.15) is 0 Å². The maximum absolute atomic E-state index is 4.96. The largest absolute Gasteiger partial charge is 0.481 e. The molecule has 1 N–H and O–H groups in total. The number of ether oxygens (including phenoxy) is 1. The molecule has 3 nitrogen and oxygen atoms in total. The number of hydrogen-bond acceptors (Lipinski definition) is 3. The highest BCUT2D eigenvalue weighted by Gasteiger charge is 1.93. The second-order valence-electron chi connectivity index (χ2n) is 2.24. The molecule has 5 heteroatoms. The molecule has 0 amide bonds. The van der Waals surface area contributed by atoms with Crippen molar-refractivity contribution >= 4 is 24.8 Å². The zero-order valence-electron chi connectivity index (χ0n) is 7.61. The van der Waals surface area contributed by atoms with E-state index in [0.717, 1.165) is 6.54 Å². The Labute approximate surface area is 90.7 Å². The van der Waals surface area contributed by atoms with Gasteiger partial charge in [-0.25, -0.2) is 4.98 Å². The Hall–Kier alpha value is -0.510. The van der Waals surface area contributed by atoms with E-state index in [9.17, 15) is 0 Å². The van der Waals surface area contributed by atoms with Gasteiger partial charge in [0.25, 0.3) is 0 Å². The van der Waals surface area contributed by atoms with E-state index in [2.05, 4.69) is 10.3 Å². The third kappa shape index (κ3) is 4.93. The summed E-state index contributed by atoms with van der Waals surface area (Å²) in [6.07, 6.45) is 1.74. The van der Waals surface area contributed by atoms with Crippen LogP contribution in [0, 0.1) is 0 Å². The van der Waals surface area contributed by atoms with E-state index in [4.69, 9.17) is 4.74 Å². The Morgan fingerprint density at radius 3 is 2.69 bits per heavy atom. The summed E-state index contributed by atoms with van der Waals surface area (Å²) in [5.74, 6) is 0.665. The zero-order valence-corrected chi connectivity index (χ0v) is 9.24. The van der Waals surface area contributed by atoms with Gasteiger partial charge in [-0.05, 0) is 18.7 Å². The lowest BCUT2D eigenvalue weighted by molar-refractivity contribution is 0.397. The van der Waals surface area contributed by atoms with Gasteiger partial charge < -0.3 is 10.1 Å². The van der Waals surface area contributed by atoms with Gasteiger partial charge in [0.2, 0.25) is 5.88 Å². The fourth-order valence-electron chi connectivity index (χ4n) is 0.876. The molecule has 0 atom stereocenters. The second-order valence-corrected chi connectivity index (χ2v) is 2.24. The second kappa shape index (κ2) is 8.10. The highest BCUT2D eigenvalue weighted by molar-refractivity contribution is 5.85. The monoisotopic (exact) mass is 224 g/mol. The van der Waals surface area contributed by atoms with Gasteiger partial charge in [-0.3, -0.25) is 0 Å². The summed E-state index contributed by atoms with van der Waals surface area (Å²) >= 11 is 0. The van der Waals surface area contributed by atoms with Crippen LogP contribution < -0.4 is 10.1 Å². The van der Waals surface area contributed by atoms with E-state index in [1.54, 1.807) is 13.3 Å². The lowest BCUT2D eigenvalue weighted by Crippen LogP contribution is -2.05. The van der Waals surface area contributed by atoms with Crippen molar-refractivity contribution in [1.29, 1.82) is 0 Å². The molecule has 1 aromatic heterocycles. The summed E-state index contributed by atoms with van der Waals surface area (Å²) in [7, 11) is 3.53. The molecule has 0 saturated heterocycles. The van der Waals surface area contributed by atoms with Crippen molar-refractivity contribution in [3.8, 4) is 5.88 Å². The SMILES string of the molecule is CNCc1ccnc(OC)c1.Cl.Cl. The summed E-state index contributed by atoms with van der Waals surface area (Å²) in [5, 5.41) is 3.05. The fourth-order valence-corrected chi connectivity index (χ4v) is 0.876. The standard InChI is InChI=1S/C8H12N2O.2ClH/c1-9-6-7-3-4-10-8(5-7)11-2;;/h3-5,9H,6H2,1-2H3;2*1H. The third-order valence-corrected chi connectivity index (χ3v) is 1.39. The van der Waals surface area contributed by atoms with Gasteiger partial charge in [-0.15, -0.1) is 24.8 Å². The highest BCUT2D eigenvalue weighted by atomic mass is 35.5. The topological polar surface area (TPSA) is 34.2 Å². The Kier molecular flexibility index (Phi) is 9.34. The van der Waals surface area contributed by atoms with Crippen LogP contribution in [0.2, 0.25) is 0 Å². The van der Waals surface area contributed by atoms with Crippen LogP contribution in [-0.2, 0) is 6.54 Å². The third-order valence-electron chi connectivity index (χ3n) is 1.39. The molecule has 0 bridgehead atoms. The number of hydrogen-bond donors (Lipinski definition) is 1. The van der Waals surface area contributed by atoms with Crippen LogP contribution in [-0.4, -0.2) is 19.1 Å². The van der Waals surface area contributed by atoms with Crippen molar-refractivity contribution in [2.45, 2.75) is 6.54 Å². The van der Waals surface area contributed by atoms with E-state index in [0.29, 0.717) is 5.88 Å². The highest BCUT2D eigenvalue weighted by Crippen LogP contribution is 2.07. The fraction of sp³-hybridized carbons (Fsp3) is 0.375. The van der Waals surface area contributed by atoms with Gasteiger partial charge in [0, 0.05) is 18.8 Å². The Morgan fingerprint density at radius 1 is 1.46 bits per heavy atom. The molecular weight excluding hydrogens is 211 g/mol. The van der Waals surface area contributed by atoms with Gasteiger partial charge in [0.05, 0.1) is 7.11 Å². The summed E-state index contributed by atoms with van der Waals surface area (Å²) in [6, 6.07) is 3.87. The van der Waals surface area contributed by atoms with Crippen molar-refractivity contribution in [3.05, 3.63) is 23.9 Å². The first-order valence-electron chi connectivity index (χ1n) is 3.50. The van der Waals surface area contributed by atoms with Crippen molar-refractivity contribution in [2.24, 2.45) is 0 Å². The summed E-state index contributed by atoms with van der Waals surface area (Å²) in [4.78, 5) is 3.99. The first-order chi connectivity index (χ1) is 5.36. The van der Waals surface area contributed by atoms with Gasteiger partial charge in [-0.1, -0.05) is 0 Å². The van der Waals surface area contributed by atoms with E-state index < -0.39 is 0 Å². The molecule has 0 spiro atoms. The molecule has 0 radical (unpaired) electrons. The Balaban J connectivity index is 0. The minimum atomic E-state index is 0. The maximum Gasteiger partial charge on any atom is 0.213 e. The molecule has 1 heterocycles. The first-order valence-corrected chi connectivity index (χ1v) is 3.50. The number of rotatable bonds is 3. The number of halogens is 2. The van der Waals surface area contributed by atoms with Gasteiger partial charge in [0.15, 0.2) is 0 Å². The molecule has 1 aromatic rings. The predicted molar refractivity (Wildman–Crippen MR) is 58.0 cm³/mol. The Morgan fingerprint density at radius 2 is 2.15 bits per heavy atom. The normalized spacial score (nSPS) is 8.15. The average Bonchev–Trinajstić information content (AvgIpc) is 2.06. The molecule has 1 rings (SSSR count). The molecule has 0 aliphatic carbocycles. The van der Waals surface area contributed by atoms with Gasteiger partial charge >= 0.3 is 0 Å². The van der Waals surface area contributed by atoms with Crippen molar-refractivity contribution in [2.75, 3.05) is 14.2 Å². The number of pyridine rings is 1. The van der Waals surface area contributed by atoms with Crippen molar-refractivity contribution in [1.82, 2.24) is 10.3 Å². The molecule has 0 fully saturated rings. The molecule has 0 saturated carbocycles. The molecule has 13 heavy (non-hydrogen) atoms. The van der Waals surface area contributed by atoms with E-state index in [-0.39, 0.29) is 24.8 Å². The smallest absolute Gasteiger partial charge is 0.213 e. The minimum absolute atomic E-state index is 0. The van der Waals surface area contributed by atoms with Crippen LogP contribution in [0.3, 0.4) is 0 Å². The summed E-state index contributed by atoms with van der Waals surface area (Å²) in [5.41, 5.74) is 1.18. The van der Waals surface area contributed by atoms with Crippen molar-refractivity contribution in [3.63, 3.8) is 0 Å². The van der Waals surface area contributed by atoms with E-state index in [1.165, 1.54) is 5.56 Å². The lowest BCUT2D eigenvalue weighted by atomic mass is 10.3. The summed E-state index contributed by atoms with van der Waals surface area (Å²) in [6.45, 7) is 0.846. The first kappa shape index (κ1) is 15.0. The van der Waals surface area contributed by atoms with Crippen LogP contribution in [0.5, 0.6) is 5.88 Å². The van der Waals surface area contributed by atoms with Crippen LogP contribution in [0.4, 0.5) is 0 Å². The van der Waals surface area contributed by atoms with Crippen LogP contribution in [0.25, 0.3) is 0 Å². The predicted octanol–water partition coefficient (Wildman–Crippen LogP) is 1.65. The summed E-state index contributed by atoms with van der Waals surface area (Å²) < 4.78 is 4.96. The molecule has 0 aliphatic heterocycles. The average molecular weight is 225 g/mol. The zero-order chi connectivity index (χ0) is 8.10. The number of nitrogens with zero attached hydrogens (tertiary/aromatic N) is 1. The molecule has 0 unspecified atom stereocenters. The molecule has 76 valence electrons. The Bertz CT molecular complexity index is 233. The number of methoxy groups -OCH3 is 1. The lowest BCUT2D eigenvalue weighted by Gasteiger charge is -2.01. The van der Waals surface area contributed by atoms with Crippen LogP contribution in [0.15, 0.2) is 18.3 Å². The van der Waals surface area contributed by atoms with Crippen molar-refractivity contribution < 1.29 is 4.74 Å². The van der Waals surface area contributed by atoms with E-state index in [1.807, 2.05) is 19.2 Å².